The van der Waals surface area contributed by atoms with Crippen molar-refractivity contribution in [2.45, 2.75) is 26.7 Å². The first-order valence-electron chi connectivity index (χ1n) is 9.11. The Balaban J connectivity index is 2.09. The molecule has 0 radical (unpaired) electrons. The smallest absolute Gasteiger partial charge is 0.0801 e. The van der Waals surface area contributed by atoms with Gasteiger partial charge in [0, 0.05) is 0 Å². The van der Waals surface area contributed by atoms with Crippen LogP contribution >= 0.6 is 0 Å². The summed E-state index contributed by atoms with van der Waals surface area (Å²) >= 11 is 0. The molecule has 0 aliphatic heterocycles. The zero-order valence-electron chi connectivity index (χ0n) is 15.0. The molecular formula is C24H24Si. The minimum absolute atomic E-state index is 1.06. The highest BCUT2D eigenvalue weighted by Crippen LogP contribution is 2.38. The van der Waals surface area contributed by atoms with E-state index in [-0.39, 0.29) is 0 Å². The van der Waals surface area contributed by atoms with Crippen molar-refractivity contribution in [1.29, 1.82) is 0 Å². The van der Waals surface area contributed by atoms with Crippen molar-refractivity contribution in [2.24, 2.45) is 0 Å². The zero-order chi connectivity index (χ0) is 17.3. The summed E-state index contributed by atoms with van der Waals surface area (Å²) in [4.78, 5) is 0. The fourth-order valence-corrected chi connectivity index (χ4v) is 9.94. The van der Waals surface area contributed by atoms with Crippen molar-refractivity contribution < 1.29 is 0 Å². The van der Waals surface area contributed by atoms with Crippen LogP contribution in [0.15, 0.2) is 107 Å². The first-order chi connectivity index (χ1) is 12.2. The Bertz CT molecular complexity index is 818. The van der Waals surface area contributed by atoms with E-state index in [9.17, 15) is 0 Å². The fourth-order valence-electron chi connectivity index (χ4n) is 4.46. The lowest BCUT2D eigenvalue weighted by molar-refractivity contribution is 1.42. The van der Waals surface area contributed by atoms with Gasteiger partial charge in [0.2, 0.25) is 0 Å². The quantitative estimate of drug-likeness (QED) is 0.696. The van der Waals surface area contributed by atoms with E-state index >= 15 is 0 Å². The van der Waals surface area contributed by atoms with E-state index < -0.39 is 8.07 Å². The minimum Gasteiger partial charge on any atom is -0.0801 e. The van der Waals surface area contributed by atoms with E-state index in [2.05, 4.69) is 98.8 Å². The molecule has 25 heavy (non-hydrogen) atoms. The molecule has 0 N–H and O–H groups in total. The highest BCUT2D eigenvalue weighted by molar-refractivity contribution is 7.13. The highest BCUT2D eigenvalue weighted by atomic mass is 28.3. The molecule has 0 bridgehead atoms. The first kappa shape index (κ1) is 16.1. The van der Waals surface area contributed by atoms with Gasteiger partial charge in [-0.3, -0.25) is 0 Å². The third kappa shape index (κ3) is 2.51. The van der Waals surface area contributed by atoms with Crippen LogP contribution in [0.2, 0.25) is 0 Å². The summed E-state index contributed by atoms with van der Waals surface area (Å²) in [6.07, 6.45) is 11.9. The van der Waals surface area contributed by atoms with Crippen molar-refractivity contribution in [1.82, 2.24) is 0 Å². The summed E-state index contributed by atoms with van der Waals surface area (Å²) in [5.74, 6) is 0. The second-order valence-electron chi connectivity index (χ2n) is 6.96. The SMILES string of the molecule is CC1=CCC=C1[Si](C1=CCC=C1C)(c1ccccc1)c1ccccc1. The predicted molar refractivity (Wildman–Crippen MR) is 111 cm³/mol. The van der Waals surface area contributed by atoms with Crippen molar-refractivity contribution in [3.05, 3.63) is 107 Å². The molecule has 0 atom stereocenters. The third-order valence-electron chi connectivity index (χ3n) is 5.56. The second-order valence-corrected chi connectivity index (χ2v) is 10.7. The zero-order valence-corrected chi connectivity index (χ0v) is 16.0. The first-order valence-corrected chi connectivity index (χ1v) is 11.1. The van der Waals surface area contributed by atoms with Gasteiger partial charge in [-0.25, -0.2) is 0 Å². The van der Waals surface area contributed by atoms with Gasteiger partial charge in [-0.05, 0) is 47.5 Å². The summed E-state index contributed by atoms with van der Waals surface area (Å²) < 4.78 is 0. The number of benzene rings is 2. The average Bonchev–Trinajstić information content (AvgIpc) is 3.28. The maximum atomic E-state index is 2.48. The van der Waals surface area contributed by atoms with E-state index in [1.165, 1.54) is 21.5 Å². The van der Waals surface area contributed by atoms with Gasteiger partial charge in [-0.2, -0.15) is 0 Å². The van der Waals surface area contributed by atoms with Crippen LogP contribution in [0, 0.1) is 0 Å². The Morgan fingerprint density at radius 3 is 1.28 bits per heavy atom. The Kier molecular flexibility index (Phi) is 4.18. The Hall–Kier alpha value is -2.38. The molecule has 0 unspecified atom stereocenters. The number of hydrogen-bond donors (Lipinski definition) is 0. The molecule has 1 heteroatoms. The lowest BCUT2D eigenvalue weighted by Crippen LogP contribution is -2.62. The lowest BCUT2D eigenvalue weighted by Gasteiger charge is -2.37. The number of hydrogen-bond acceptors (Lipinski definition) is 0. The molecule has 0 amide bonds. The normalized spacial score (nSPS) is 17.0. The van der Waals surface area contributed by atoms with Gasteiger partial charge < -0.3 is 0 Å². The van der Waals surface area contributed by atoms with E-state index in [1.54, 1.807) is 10.4 Å². The van der Waals surface area contributed by atoms with Gasteiger partial charge in [0.25, 0.3) is 0 Å². The average molecular weight is 341 g/mol. The minimum atomic E-state index is -2.22. The van der Waals surface area contributed by atoms with Gasteiger partial charge >= 0.3 is 0 Å². The Morgan fingerprint density at radius 2 is 0.960 bits per heavy atom. The molecule has 0 nitrogen and oxygen atoms in total. The fraction of sp³-hybridized carbons (Fsp3) is 0.167. The maximum absolute atomic E-state index is 2.48. The summed E-state index contributed by atoms with van der Waals surface area (Å²) in [6.45, 7) is 4.59. The molecule has 0 saturated heterocycles. The molecule has 2 aliphatic rings. The van der Waals surface area contributed by atoms with E-state index in [1.807, 2.05) is 0 Å². The second kappa shape index (κ2) is 6.49. The third-order valence-corrected chi connectivity index (χ3v) is 10.8. The van der Waals surface area contributed by atoms with Crippen molar-refractivity contribution >= 4 is 18.4 Å². The van der Waals surface area contributed by atoms with Gasteiger partial charge in [0.05, 0.1) is 0 Å². The van der Waals surface area contributed by atoms with Gasteiger partial charge in [0.15, 0.2) is 8.07 Å². The maximum Gasteiger partial charge on any atom is 0.179 e. The molecule has 2 aliphatic carbocycles. The van der Waals surface area contributed by atoms with Gasteiger partial charge in [0.1, 0.15) is 0 Å². The molecule has 0 heterocycles. The van der Waals surface area contributed by atoms with Crippen molar-refractivity contribution in [3.8, 4) is 0 Å². The summed E-state index contributed by atoms with van der Waals surface area (Å²) in [7, 11) is -2.22. The molecule has 2 aromatic carbocycles. The van der Waals surface area contributed by atoms with E-state index in [0.717, 1.165) is 12.8 Å². The number of allylic oxidation sites excluding steroid dienone is 8. The van der Waals surface area contributed by atoms with Crippen molar-refractivity contribution in [2.75, 3.05) is 0 Å². The molecule has 0 spiro atoms. The standard InChI is InChI=1S/C24H24Si/c1-19-11-9-17-23(19)25(21-13-5-3-6-14-21,22-15-7-4-8-16-22)24-18-10-12-20(24)2/h3-8,11-18H,9-10H2,1-2H3. The number of rotatable bonds is 4. The highest BCUT2D eigenvalue weighted by Gasteiger charge is 2.46. The van der Waals surface area contributed by atoms with Gasteiger partial charge in [-0.1, -0.05) is 96.1 Å². The Labute approximate surface area is 151 Å². The monoisotopic (exact) mass is 340 g/mol. The van der Waals surface area contributed by atoms with Crippen LogP contribution in [0.1, 0.15) is 26.7 Å². The van der Waals surface area contributed by atoms with E-state index in [0.29, 0.717) is 0 Å². The summed E-state index contributed by atoms with van der Waals surface area (Å²) in [5, 5.41) is 6.13. The molecule has 124 valence electrons. The lowest BCUT2D eigenvalue weighted by atomic mass is 10.3. The molecule has 0 aromatic heterocycles. The topological polar surface area (TPSA) is 0 Å². The van der Waals surface area contributed by atoms with E-state index in [4.69, 9.17) is 0 Å². The summed E-state index contributed by atoms with van der Waals surface area (Å²) in [5.41, 5.74) is 2.92. The van der Waals surface area contributed by atoms with Crippen molar-refractivity contribution in [3.63, 3.8) is 0 Å². The van der Waals surface area contributed by atoms with Crippen LogP contribution in [0.5, 0.6) is 0 Å². The van der Waals surface area contributed by atoms with Gasteiger partial charge in [-0.15, -0.1) is 0 Å². The van der Waals surface area contributed by atoms with Crippen LogP contribution in [-0.2, 0) is 0 Å². The van der Waals surface area contributed by atoms with Crippen LogP contribution in [-0.4, -0.2) is 8.07 Å². The summed E-state index contributed by atoms with van der Waals surface area (Å²) in [6, 6.07) is 22.4. The molecule has 4 rings (SSSR count). The molecule has 0 fully saturated rings. The predicted octanol–water partition coefficient (Wildman–Crippen LogP) is 4.88. The molecule has 2 aromatic rings. The van der Waals surface area contributed by atoms with Crippen LogP contribution in [0.25, 0.3) is 0 Å². The van der Waals surface area contributed by atoms with Crippen LogP contribution in [0.3, 0.4) is 0 Å². The molecule has 0 saturated carbocycles. The van der Waals surface area contributed by atoms with Crippen LogP contribution < -0.4 is 10.4 Å². The molecular weight excluding hydrogens is 316 g/mol. The largest absolute Gasteiger partial charge is 0.179 e. The Morgan fingerprint density at radius 1 is 0.560 bits per heavy atom. The van der Waals surface area contributed by atoms with Crippen LogP contribution in [0.4, 0.5) is 0 Å².